The van der Waals surface area contributed by atoms with E-state index in [0.717, 1.165) is 4.90 Å². The average molecular weight is 362 g/mol. The lowest BCUT2D eigenvalue weighted by Crippen LogP contribution is -2.62. The number of fused-ring (bicyclic) bond motifs is 1. The molecule has 4 atom stereocenters. The predicted molar refractivity (Wildman–Crippen MR) is 85.7 cm³/mol. The fourth-order valence-electron chi connectivity index (χ4n) is 4.25. The molecule has 9 heteroatoms. The van der Waals surface area contributed by atoms with E-state index in [1.165, 1.54) is 12.1 Å². The molecule has 0 saturated carbocycles. The summed E-state index contributed by atoms with van der Waals surface area (Å²) in [5.74, 6) is -1.49. The third-order valence-electron chi connectivity index (χ3n) is 5.47. The van der Waals surface area contributed by atoms with Crippen molar-refractivity contribution in [2.24, 2.45) is 0 Å². The van der Waals surface area contributed by atoms with Crippen molar-refractivity contribution < 1.29 is 24.0 Å². The SMILES string of the molecule is Cc1c(N2C(=O)C3CN4CC(C(=O)O)[N+]3(C4)C2=O)ccc(C#N)c1Cl. The largest absolute Gasteiger partial charge is 0.477 e. The maximum Gasteiger partial charge on any atom is 0.433 e. The molecule has 3 saturated heterocycles. The van der Waals surface area contributed by atoms with Crippen LogP contribution in [0.3, 0.4) is 0 Å². The van der Waals surface area contributed by atoms with Gasteiger partial charge in [-0.3, -0.25) is 4.79 Å². The number of carbonyl (C=O) groups is 3. The molecule has 3 amide bonds. The first-order valence-electron chi connectivity index (χ1n) is 7.73. The molecule has 3 fully saturated rings. The van der Waals surface area contributed by atoms with Crippen LogP contribution in [0.2, 0.25) is 5.02 Å². The van der Waals surface area contributed by atoms with Gasteiger partial charge >= 0.3 is 12.0 Å². The normalized spacial score (nSPS) is 32.8. The lowest BCUT2D eigenvalue weighted by Gasteiger charge is -2.31. The van der Waals surface area contributed by atoms with E-state index >= 15 is 0 Å². The molecule has 8 nitrogen and oxygen atoms in total. The third-order valence-corrected chi connectivity index (χ3v) is 5.95. The van der Waals surface area contributed by atoms with Gasteiger partial charge < -0.3 is 5.11 Å². The van der Waals surface area contributed by atoms with Gasteiger partial charge in [0.1, 0.15) is 12.7 Å². The van der Waals surface area contributed by atoms with E-state index in [4.69, 9.17) is 16.9 Å². The molecule has 2 bridgehead atoms. The maximum atomic E-state index is 13.2. The van der Waals surface area contributed by atoms with Gasteiger partial charge in [-0.25, -0.2) is 19.0 Å². The van der Waals surface area contributed by atoms with Gasteiger partial charge in [-0.2, -0.15) is 10.2 Å². The van der Waals surface area contributed by atoms with Crippen LogP contribution in [-0.4, -0.2) is 64.2 Å². The second kappa shape index (κ2) is 5.02. The second-order valence-corrected chi connectivity index (χ2v) is 6.99. The van der Waals surface area contributed by atoms with E-state index in [1.807, 2.05) is 11.0 Å². The summed E-state index contributed by atoms with van der Waals surface area (Å²) >= 11 is 6.17. The lowest BCUT2D eigenvalue weighted by molar-refractivity contribution is -0.853. The van der Waals surface area contributed by atoms with Gasteiger partial charge in [0.25, 0.3) is 5.91 Å². The van der Waals surface area contributed by atoms with Gasteiger partial charge in [0.2, 0.25) is 6.04 Å². The molecule has 0 aliphatic carbocycles. The molecule has 3 aliphatic heterocycles. The highest BCUT2D eigenvalue weighted by atomic mass is 35.5. The number of hydrogen-bond donors (Lipinski definition) is 1. The third kappa shape index (κ3) is 1.80. The summed E-state index contributed by atoms with van der Waals surface area (Å²) in [6.45, 7) is 2.49. The Morgan fingerprint density at radius 3 is 2.76 bits per heavy atom. The Balaban J connectivity index is 1.84. The molecule has 25 heavy (non-hydrogen) atoms. The van der Waals surface area contributed by atoms with Crippen LogP contribution >= 0.6 is 11.6 Å². The molecule has 4 unspecified atom stereocenters. The van der Waals surface area contributed by atoms with Crippen molar-refractivity contribution in [1.29, 1.82) is 5.26 Å². The number of nitriles is 1. The quantitative estimate of drug-likeness (QED) is 0.620. The van der Waals surface area contributed by atoms with E-state index in [-0.39, 0.29) is 28.3 Å². The zero-order chi connectivity index (χ0) is 18.1. The van der Waals surface area contributed by atoms with Crippen molar-refractivity contribution in [1.82, 2.24) is 4.90 Å². The number of piperazine rings is 1. The van der Waals surface area contributed by atoms with E-state index in [0.29, 0.717) is 17.8 Å². The number of carboxylic acids is 1. The first-order chi connectivity index (χ1) is 11.8. The van der Waals surface area contributed by atoms with Gasteiger partial charge in [0.15, 0.2) is 6.04 Å². The van der Waals surface area contributed by atoms with Gasteiger partial charge in [-0.15, -0.1) is 0 Å². The number of hydrogen-bond acceptors (Lipinski definition) is 5. The molecule has 0 radical (unpaired) electrons. The van der Waals surface area contributed by atoms with Crippen LogP contribution in [0.25, 0.3) is 0 Å². The monoisotopic (exact) mass is 361 g/mol. The van der Waals surface area contributed by atoms with Crippen LogP contribution in [0.15, 0.2) is 12.1 Å². The number of rotatable bonds is 2. The number of aliphatic carboxylic acids is 1. The Morgan fingerprint density at radius 2 is 2.12 bits per heavy atom. The topological polar surface area (TPSA) is 102 Å². The first kappa shape index (κ1) is 16.0. The molecule has 128 valence electrons. The van der Waals surface area contributed by atoms with Gasteiger partial charge in [0.05, 0.1) is 29.4 Å². The summed E-state index contributed by atoms with van der Waals surface area (Å²) < 4.78 is -0.384. The molecule has 1 N–H and O–H groups in total. The van der Waals surface area contributed by atoms with Crippen molar-refractivity contribution in [3.63, 3.8) is 0 Å². The molecule has 1 aromatic carbocycles. The Kier molecular flexibility index (Phi) is 3.22. The highest BCUT2D eigenvalue weighted by molar-refractivity contribution is 6.33. The number of nitrogens with zero attached hydrogens (tertiary/aromatic N) is 4. The molecule has 4 rings (SSSR count). The molecule has 1 spiro atoms. The van der Waals surface area contributed by atoms with Crippen molar-refractivity contribution in [2.45, 2.75) is 19.0 Å². The zero-order valence-corrected chi connectivity index (χ0v) is 14.0. The molecular weight excluding hydrogens is 348 g/mol. The highest BCUT2D eigenvalue weighted by Gasteiger charge is 2.73. The Hall–Kier alpha value is -2.47. The van der Waals surface area contributed by atoms with Crippen LogP contribution in [0.5, 0.6) is 0 Å². The number of carboxylic acid groups (broad SMARTS) is 1. The molecule has 3 heterocycles. The minimum Gasteiger partial charge on any atom is -0.477 e. The van der Waals surface area contributed by atoms with E-state index < -0.39 is 30.0 Å². The molecule has 1 aromatic rings. The van der Waals surface area contributed by atoms with Crippen LogP contribution < -0.4 is 4.90 Å². The maximum absolute atomic E-state index is 13.2. The number of imide groups is 1. The molecular formula is C16H14ClN4O4+. The number of anilines is 1. The standard InChI is InChI=1S/C16H13ClN4O4/c1-8-10(3-2-9(4-18)13(8)17)20-14(22)11-5-19-6-12(15(23)24)21(11,7-19)16(20)25/h2-3,11-12H,5-7H2,1H3/p+1. The van der Waals surface area contributed by atoms with Crippen LogP contribution in [0.4, 0.5) is 10.5 Å². The summed E-state index contributed by atoms with van der Waals surface area (Å²) in [5, 5.41) is 18.8. The first-order valence-corrected chi connectivity index (χ1v) is 8.11. The van der Waals surface area contributed by atoms with Crippen LogP contribution in [0.1, 0.15) is 11.1 Å². The van der Waals surface area contributed by atoms with Crippen molar-refractivity contribution in [3.8, 4) is 6.07 Å². The van der Waals surface area contributed by atoms with Gasteiger partial charge in [-0.1, -0.05) is 11.6 Å². The predicted octanol–water partition coefficient (Wildman–Crippen LogP) is 0.912. The summed E-state index contributed by atoms with van der Waals surface area (Å²) in [7, 11) is 0. The number of amides is 3. The van der Waals surface area contributed by atoms with Crippen LogP contribution in [-0.2, 0) is 9.59 Å². The van der Waals surface area contributed by atoms with Crippen molar-refractivity contribution in [2.75, 3.05) is 24.7 Å². The van der Waals surface area contributed by atoms with E-state index in [1.54, 1.807) is 6.92 Å². The lowest BCUT2D eigenvalue weighted by atomic mass is 10.1. The van der Waals surface area contributed by atoms with E-state index in [2.05, 4.69) is 0 Å². The minimum absolute atomic E-state index is 0.186. The van der Waals surface area contributed by atoms with Gasteiger partial charge in [0, 0.05) is 0 Å². The minimum atomic E-state index is -1.08. The fraction of sp³-hybridized carbons (Fsp3) is 0.375. The van der Waals surface area contributed by atoms with Crippen molar-refractivity contribution in [3.05, 3.63) is 28.3 Å². The second-order valence-electron chi connectivity index (χ2n) is 6.62. The Bertz CT molecular complexity index is 895. The summed E-state index contributed by atoms with van der Waals surface area (Å²) in [4.78, 5) is 40.7. The average Bonchev–Trinajstić information content (AvgIpc) is 3.20. The number of benzene rings is 1. The summed E-state index contributed by atoms with van der Waals surface area (Å²) in [6.07, 6.45) is 0. The van der Waals surface area contributed by atoms with Crippen molar-refractivity contribution >= 4 is 35.2 Å². The smallest absolute Gasteiger partial charge is 0.433 e. The summed E-state index contributed by atoms with van der Waals surface area (Å²) in [6, 6.07) is 2.73. The number of quaternary nitrogens is 1. The van der Waals surface area contributed by atoms with E-state index in [9.17, 15) is 19.5 Å². The highest BCUT2D eigenvalue weighted by Crippen LogP contribution is 2.44. The Labute approximate surface area is 148 Å². The number of carbonyl (C=O) groups excluding carboxylic acids is 2. The zero-order valence-electron chi connectivity index (χ0n) is 13.3. The number of urea groups is 1. The number of halogens is 1. The van der Waals surface area contributed by atoms with Gasteiger partial charge in [-0.05, 0) is 24.6 Å². The molecule has 0 aromatic heterocycles. The Morgan fingerprint density at radius 1 is 1.40 bits per heavy atom. The fourth-order valence-corrected chi connectivity index (χ4v) is 4.45. The summed E-state index contributed by atoms with van der Waals surface area (Å²) in [5.41, 5.74) is 1.01. The molecule has 3 aliphatic rings. The van der Waals surface area contributed by atoms with Crippen LogP contribution in [0, 0.1) is 18.3 Å².